The van der Waals surface area contributed by atoms with Crippen LogP contribution in [0.2, 0.25) is 0 Å². The van der Waals surface area contributed by atoms with Gasteiger partial charge in [0.15, 0.2) is 0 Å². The number of hydrogen-bond acceptors (Lipinski definition) is 8. The number of nitrogens with zero attached hydrogens (tertiary/aromatic N) is 5. The van der Waals surface area contributed by atoms with Crippen molar-refractivity contribution >= 4 is 38.7 Å². The fourth-order valence-electron chi connectivity index (χ4n) is 4.94. The van der Waals surface area contributed by atoms with Gasteiger partial charge in [-0.3, -0.25) is 9.88 Å². The number of anilines is 3. The lowest BCUT2D eigenvalue weighted by Gasteiger charge is -2.32. The van der Waals surface area contributed by atoms with Gasteiger partial charge in [-0.2, -0.15) is 0 Å². The number of ether oxygens (including phenoxy) is 1. The van der Waals surface area contributed by atoms with Crippen LogP contribution < -0.4 is 10.2 Å². The molecule has 0 amide bonds. The highest BCUT2D eigenvalue weighted by molar-refractivity contribution is 7.21. The molecule has 180 valence electrons. The number of likely N-dealkylation sites (tertiary alicyclic amines) is 1. The first-order valence-corrected chi connectivity index (χ1v) is 13.2. The predicted octanol–water partition coefficient (Wildman–Crippen LogP) is 5.24. The normalized spacial score (nSPS) is 16.8. The predicted molar refractivity (Wildman–Crippen MR) is 143 cm³/mol. The number of benzene rings is 1. The van der Waals surface area contributed by atoms with Crippen LogP contribution in [-0.4, -0.2) is 59.2 Å². The molecule has 7 nitrogen and oxygen atoms in total. The highest BCUT2D eigenvalue weighted by Crippen LogP contribution is 2.32. The number of pyridine rings is 2. The van der Waals surface area contributed by atoms with Crippen LogP contribution >= 0.6 is 11.3 Å². The van der Waals surface area contributed by atoms with Gasteiger partial charge in [-0.25, -0.2) is 9.97 Å². The van der Waals surface area contributed by atoms with Gasteiger partial charge in [-0.15, -0.1) is 11.3 Å². The molecule has 3 aromatic heterocycles. The summed E-state index contributed by atoms with van der Waals surface area (Å²) in [6.07, 6.45) is 6.34. The molecule has 2 aliphatic heterocycles. The van der Waals surface area contributed by atoms with Crippen molar-refractivity contribution in [2.45, 2.75) is 26.3 Å². The van der Waals surface area contributed by atoms with Gasteiger partial charge in [0, 0.05) is 60.7 Å². The Bertz CT molecular complexity index is 1330. The third kappa shape index (κ3) is 5.00. The van der Waals surface area contributed by atoms with Gasteiger partial charge in [-0.05, 0) is 68.8 Å². The van der Waals surface area contributed by atoms with Gasteiger partial charge in [0.2, 0.25) is 0 Å². The molecule has 4 aromatic rings. The Kier molecular flexibility index (Phi) is 6.33. The molecule has 2 saturated heterocycles. The molecule has 2 fully saturated rings. The zero-order chi connectivity index (χ0) is 23.6. The molecule has 0 saturated carbocycles. The molecule has 35 heavy (non-hydrogen) atoms. The Balaban J connectivity index is 1.27. The third-order valence-corrected chi connectivity index (χ3v) is 7.77. The molecule has 0 aliphatic carbocycles. The number of nitrogens with one attached hydrogen (secondary N) is 1. The van der Waals surface area contributed by atoms with Crippen LogP contribution in [0.4, 0.5) is 17.2 Å². The molecule has 2 aliphatic rings. The second-order valence-corrected chi connectivity index (χ2v) is 10.3. The van der Waals surface area contributed by atoms with Gasteiger partial charge in [-0.1, -0.05) is 0 Å². The molecule has 0 bridgehead atoms. The average Bonchev–Trinajstić information content (AvgIpc) is 3.54. The van der Waals surface area contributed by atoms with E-state index in [1.165, 1.54) is 37.2 Å². The smallest absolute Gasteiger partial charge is 0.132 e. The maximum Gasteiger partial charge on any atom is 0.132 e. The first-order chi connectivity index (χ1) is 17.2. The Morgan fingerprint density at radius 2 is 1.86 bits per heavy atom. The standard InChI is InChI=1S/C27H30N6OS/c1-19-14-20(6-7-28-19)27-31-23-16-26(29-17-25(23)35-27)30-22-4-5-24(33-10-12-34-13-11-33)21(15-22)18-32-8-2-3-9-32/h4-7,14-17H,2-3,8-13,18H2,1H3,(H,29,30). The Hall–Kier alpha value is -3.07. The van der Waals surface area contributed by atoms with E-state index in [1.807, 2.05) is 31.5 Å². The summed E-state index contributed by atoms with van der Waals surface area (Å²) < 4.78 is 6.67. The van der Waals surface area contributed by atoms with E-state index in [0.29, 0.717) is 0 Å². The minimum absolute atomic E-state index is 0.793. The van der Waals surface area contributed by atoms with Gasteiger partial charge in [0.1, 0.15) is 10.8 Å². The molecule has 8 heteroatoms. The van der Waals surface area contributed by atoms with Crippen molar-refractivity contribution in [2.75, 3.05) is 49.6 Å². The van der Waals surface area contributed by atoms with Crippen molar-refractivity contribution in [3.8, 4) is 10.6 Å². The van der Waals surface area contributed by atoms with Crippen molar-refractivity contribution in [3.05, 3.63) is 60.0 Å². The lowest BCUT2D eigenvalue weighted by Crippen LogP contribution is -2.37. The topological polar surface area (TPSA) is 66.4 Å². The van der Waals surface area contributed by atoms with E-state index in [2.05, 4.69) is 49.4 Å². The van der Waals surface area contributed by atoms with E-state index in [-0.39, 0.29) is 0 Å². The van der Waals surface area contributed by atoms with Crippen LogP contribution in [0.5, 0.6) is 0 Å². The Morgan fingerprint density at radius 1 is 1.00 bits per heavy atom. The number of rotatable bonds is 6. The van der Waals surface area contributed by atoms with Gasteiger partial charge < -0.3 is 15.0 Å². The van der Waals surface area contributed by atoms with Crippen LogP contribution in [0.1, 0.15) is 24.1 Å². The first-order valence-electron chi connectivity index (χ1n) is 12.4. The Morgan fingerprint density at radius 3 is 2.69 bits per heavy atom. The second-order valence-electron chi connectivity index (χ2n) is 9.29. The number of morpholine rings is 1. The van der Waals surface area contributed by atoms with Gasteiger partial charge >= 0.3 is 0 Å². The quantitative estimate of drug-likeness (QED) is 0.400. The van der Waals surface area contributed by atoms with Crippen LogP contribution in [0.15, 0.2) is 48.8 Å². The molecular weight excluding hydrogens is 456 g/mol. The number of aromatic nitrogens is 3. The maximum absolute atomic E-state index is 5.59. The summed E-state index contributed by atoms with van der Waals surface area (Å²) in [6.45, 7) is 8.83. The summed E-state index contributed by atoms with van der Waals surface area (Å²) in [5, 5.41) is 4.52. The molecular formula is C27H30N6OS. The monoisotopic (exact) mass is 486 g/mol. The van der Waals surface area contributed by atoms with Gasteiger partial charge in [0.25, 0.3) is 0 Å². The minimum atomic E-state index is 0.793. The second kappa shape index (κ2) is 9.89. The SMILES string of the molecule is Cc1cc(-c2nc3cc(Nc4ccc(N5CCOCC5)c(CN5CCCC5)c4)ncc3s2)ccn1. The number of aryl methyl sites for hydroxylation is 1. The zero-order valence-corrected chi connectivity index (χ0v) is 20.9. The fourth-order valence-corrected chi connectivity index (χ4v) is 5.85. The first kappa shape index (κ1) is 22.4. The molecule has 1 aromatic carbocycles. The third-order valence-electron chi connectivity index (χ3n) is 6.72. The zero-order valence-electron chi connectivity index (χ0n) is 20.0. The van der Waals surface area contributed by atoms with Crippen molar-refractivity contribution < 1.29 is 4.74 Å². The number of hydrogen-bond donors (Lipinski definition) is 1. The maximum atomic E-state index is 5.59. The number of fused-ring (bicyclic) bond motifs is 1. The van der Waals surface area contributed by atoms with E-state index in [0.717, 1.165) is 70.8 Å². The van der Waals surface area contributed by atoms with E-state index < -0.39 is 0 Å². The van der Waals surface area contributed by atoms with E-state index in [1.54, 1.807) is 11.3 Å². The number of thiazole rings is 1. The average molecular weight is 487 g/mol. The highest BCUT2D eigenvalue weighted by Gasteiger charge is 2.19. The van der Waals surface area contributed by atoms with Crippen molar-refractivity contribution in [1.82, 2.24) is 19.9 Å². The largest absolute Gasteiger partial charge is 0.378 e. The molecule has 0 radical (unpaired) electrons. The molecule has 5 heterocycles. The van der Waals surface area contributed by atoms with Crippen molar-refractivity contribution in [1.29, 1.82) is 0 Å². The summed E-state index contributed by atoms with van der Waals surface area (Å²) in [7, 11) is 0. The minimum Gasteiger partial charge on any atom is -0.378 e. The fraction of sp³-hybridized carbons (Fsp3) is 0.370. The lowest BCUT2D eigenvalue weighted by molar-refractivity contribution is 0.122. The van der Waals surface area contributed by atoms with Crippen LogP contribution in [-0.2, 0) is 11.3 Å². The van der Waals surface area contributed by atoms with Gasteiger partial charge in [0.05, 0.1) is 23.4 Å². The summed E-state index contributed by atoms with van der Waals surface area (Å²) in [5.74, 6) is 0.812. The molecule has 0 spiro atoms. The van der Waals surface area contributed by atoms with E-state index >= 15 is 0 Å². The Labute approximate surface area is 209 Å². The van der Waals surface area contributed by atoms with Crippen LogP contribution in [0.25, 0.3) is 20.8 Å². The van der Waals surface area contributed by atoms with Crippen LogP contribution in [0, 0.1) is 6.92 Å². The summed E-state index contributed by atoms with van der Waals surface area (Å²) in [6, 6.07) is 12.8. The molecule has 6 rings (SSSR count). The highest BCUT2D eigenvalue weighted by atomic mass is 32.1. The molecule has 0 unspecified atom stereocenters. The molecule has 1 N–H and O–H groups in total. The lowest BCUT2D eigenvalue weighted by atomic mass is 10.1. The van der Waals surface area contributed by atoms with Crippen LogP contribution in [0.3, 0.4) is 0 Å². The summed E-state index contributed by atoms with van der Waals surface area (Å²) >= 11 is 1.66. The van der Waals surface area contributed by atoms with E-state index in [9.17, 15) is 0 Å². The molecule has 0 atom stereocenters. The summed E-state index contributed by atoms with van der Waals surface area (Å²) in [5.41, 5.74) is 6.79. The summed E-state index contributed by atoms with van der Waals surface area (Å²) in [4.78, 5) is 18.9. The van der Waals surface area contributed by atoms with Crippen molar-refractivity contribution in [3.63, 3.8) is 0 Å². The van der Waals surface area contributed by atoms with E-state index in [4.69, 9.17) is 9.72 Å². The van der Waals surface area contributed by atoms with Crippen molar-refractivity contribution in [2.24, 2.45) is 0 Å².